The van der Waals surface area contributed by atoms with Crippen LogP contribution >= 0.6 is 0 Å². The summed E-state index contributed by atoms with van der Waals surface area (Å²) in [6.07, 6.45) is 0. The Kier molecular flexibility index (Phi) is 5.30. The van der Waals surface area contributed by atoms with Crippen LogP contribution in [0.1, 0.15) is 5.56 Å². The average molecular weight is 400 g/mol. The molecule has 0 unspecified atom stereocenters. The van der Waals surface area contributed by atoms with E-state index in [0.29, 0.717) is 17.1 Å². The molecule has 9 nitrogen and oxygen atoms in total. The lowest BCUT2D eigenvalue weighted by Crippen LogP contribution is -2.42. The second kappa shape index (κ2) is 7.67. The van der Waals surface area contributed by atoms with E-state index in [9.17, 15) is 18.0 Å². The van der Waals surface area contributed by atoms with Crippen LogP contribution in [-0.4, -0.2) is 44.3 Å². The van der Waals surface area contributed by atoms with Gasteiger partial charge in [0, 0.05) is 13.6 Å². The number of nitriles is 1. The van der Waals surface area contributed by atoms with E-state index in [2.05, 4.69) is 10.6 Å². The van der Waals surface area contributed by atoms with Gasteiger partial charge in [-0.15, -0.1) is 0 Å². The fraction of sp³-hybridized carbons (Fsp3) is 0.167. The second-order valence-corrected chi connectivity index (χ2v) is 8.06. The first kappa shape index (κ1) is 19.3. The summed E-state index contributed by atoms with van der Waals surface area (Å²) >= 11 is 0. The molecule has 1 aliphatic heterocycles. The number of rotatable bonds is 6. The topological polar surface area (TPSA) is 129 Å². The third-order valence-electron chi connectivity index (χ3n) is 4.05. The van der Waals surface area contributed by atoms with E-state index in [1.54, 1.807) is 24.3 Å². The first-order valence-electron chi connectivity index (χ1n) is 8.15. The lowest BCUT2D eigenvalue weighted by atomic mass is 10.2. The van der Waals surface area contributed by atoms with Gasteiger partial charge in [-0.05, 0) is 48.5 Å². The molecule has 144 valence electrons. The van der Waals surface area contributed by atoms with E-state index >= 15 is 0 Å². The molecule has 0 spiro atoms. The van der Waals surface area contributed by atoms with E-state index in [-0.39, 0.29) is 11.4 Å². The Bertz CT molecular complexity index is 1040. The van der Waals surface area contributed by atoms with Crippen LogP contribution in [0.15, 0.2) is 53.4 Å². The maximum Gasteiger partial charge on any atom is 0.322 e. The monoisotopic (exact) mass is 400 g/mol. The molecule has 0 aromatic heterocycles. The number of likely N-dealkylation sites (N-methyl/N-ethyl adjacent to an activating group) is 1. The van der Waals surface area contributed by atoms with Gasteiger partial charge in [-0.2, -0.15) is 9.57 Å². The molecule has 2 N–H and O–H groups in total. The molecule has 2 aromatic carbocycles. The van der Waals surface area contributed by atoms with Gasteiger partial charge in [-0.3, -0.25) is 10.1 Å². The van der Waals surface area contributed by atoms with Crippen molar-refractivity contribution in [3.05, 3.63) is 54.1 Å². The molecule has 0 aliphatic carbocycles. The Balaban J connectivity index is 1.69. The predicted molar refractivity (Wildman–Crippen MR) is 98.0 cm³/mol. The summed E-state index contributed by atoms with van der Waals surface area (Å²) in [5.74, 6) is 0.363. The molecule has 0 saturated carbocycles. The van der Waals surface area contributed by atoms with E-state index in [0.717, 1.165) is 4.31 Å². The zero-order valence-electron chi connectivity index (χ0n) is 14.7. The Morgan fingerprint density at radius 3 is 2.14 bits per heavy atom. The smallest absolute Gasteiger partial charge is 0.322 e. The molecule has 1 saturated heterocycles. The first-order chi connectivity index (χ1) is 13.3. The molecule has 28 heavy (non-hydrogen) atoms. The highest BCUT2D eigenvalue weighted by Gasteiger charge is 2.33. The normalized spacial score (nSPS) is 16.4. The molecule has 3 amide bonds. The van der Waals surface area contributed by atoms with Crippen LogP contribution in [0.3, 0.4) is 0 Å². The van der Waals surface area contributed by atoms with Gasteiger partial charge in [0.1, 0.15) is 17.5 Å². The van der Waals surface area contributed by atoms with Crippen molar-refractivity contribution in [2.24, 2.45) is 0 Å². The third kappa shape index (κ3) is 4.11. The van der Waals surface area contributed by atoms with Crippen molar-refractivity contribution in [3.8, 4) is 17.6 Å². The molecule has 10 heteroatoms. The lowest BCUT2D eigenvalue weighted by molar-refractivity contribution is -0.120. The Morgan fingerprint density at radius 1 is 1.07 bits per heavy atom. The molecule has 0 radical (unpaired) electrons. The second-order valence-electron chi connectivity index (χ2n) is 6.01. The quantitative estimate of drug-likeness (QED) is 0.701. The summed E-state index contributed by atoms with van der Waals surface area (Å²) in [6, 6.07) is 12.7. The number of nitrogens with zero attached hydrogens (tertiary/aromatic N) is 2. The van der Waals surface area contributed by atoms with Crippen molar-refractivity contribution in [2.45, 2.75) is 10.9 Å². The highest BCUT2D eigenvalue weighted by Crippen LogP contribution is 2.24. The van der Waals surface area contributed by atoms with E-state index < -0.39 is 28.0 Å². The number of hydrogen-bond donors (Lipinski definition) is 2. The van der Waals surface area contributed by atoms with Gasteiger partial charge < -0.3 is 10.1 Å². The Hall–Kier alpha value is -3.42. The summed E-state index contributed by atoms with van der Waals surface area (Å²) < 4.78 is 31.9. The van der Waals surface area contributed by atoms with E-state index in [1.165, 1.54) is 31.3 Å². The fourth-order valence-electron chi connectivity index (χ4n) is 2.54. The third-order valence-corrected chi connectivity index (χ3v) is 5.89. The number of benzene rings is 2. The number of carbonyl (C=O) groups is 2. The standard InChI is InChI=1S/C18H16N4O5S/c1-22(11-16-17(23)21-18(24)20-16)28(25,26)15-8-6-14(7-9-15)27-13-4-2-12(10-19)3-5-13/h2-9,16H,11H2,1H3,(H2,20,21,23,24)/t16-/m0/s1. The summed E-state index contributed by atoms with van der Waals surface area (Å²) in [7, 11) is -2.53. The van der Waals surface area contributed by atoms with Crippen LogP contribution in [0.5, 0.6) is 11.5 Å². The summed E-state index contributed by atoms with van der Waals surface area (Å²) in [5, 5.41) is 13.2. The van der Waals surface area contributed by atoms with Crippen LogP contribution in [0.4, 0.5) is 4.79 Å². The minimum absolute atomic E-state index is 0.0203. The minimum atomic E-state index is -3.86. The lowest BCUT2D eigenvalue weighted by Gasteiger charge is -2.19. The largest absolute Gasteiger partial charge is 0.457 e. The number of nitrogens with one attached hydrogen (secondary N) is 2. The maximum atomic E-state index is 12.7. The molecular weight excluding hydrogens is 384 g/mol. The summed E-state index contributed by atoms with van der Waals surface area (Å²) in [5.41, 5.74) is 0.504. The molecule has 3 rings (SSSR count). The van der Waals surface area contributed by atoms with Gasteiger partial charge in [0.25, 0.3) is 5.91 Å². The van der Waals surface area contributed by atoms with Crippen LogP contribution < -0.4 is 15.4 Å². The van der Waals surface area contributed by atoms with Gasteiger partial charge in [-0.1, -0.05) is 0 Å². The summed E-state index contributed by atoms with van der Waals surface area (Å²) in [4.78, 5) is 22.8. The van der Waals surface area contributed by atoms with E-state index in [4.69, 9.17) is 10.00 Å². The van der Waals surface area contributed by atoms with Crippen LogP contribution in [0.25, 0.3) is 0 Å². The van der Waals surface area contributed by atoms with Crippen molar-refractivity contribution in [1.82, 2.24) is 14.9 Å². The maximum absolute atomic E-state index is 12.7. The minimum Gasteiger partial charge on any atom is -0.457 e. The Labute approximate surface area is 161 Å². The molecule has 0 bridgehead atoms. The average Bonchev–Trinajstić information content (AvgIpc) is 2.99. The number of urea groups is 1. The first-order valence-corrected chi connectivity index (χ1v) is 9.59. The van der Waals surface area contributed by atoms with Gasteiger partial charge >= 0.3 is 6.03 Å². The number of carbonyl (C=O) groups excluding carboxylic acids is 2. The van der Waals surface area contributed by atoms with Crippen LogP contribution in [0, 0.1) is 11.3 Å². The number of imide groups is 1. The highest BCUT2D eigenvalue weighted by molar-refractivity contribution is 7.89. The van der Waals surface area contributed by atoms with Gasteiger partial charge in [0.05, 0.1) is 16.5 Å². The molecule has 1 heterocycles. The van der Waals surface area contributed by atoms with Crippen LogP contribution in [0.2, 0.25) is 0 Å². The number of hydrogen-bond acceptors (Lipinski definition) is 6. The fourth-order valence-corrected chi connectivity index (χ4v) is 3.72. The number of ether oxygens (including phenoxy) is 1. The predicted octanol–water partition coefficient (Wildman–Crippen LogP) is 1.18. The summed E-state index contributed by atoms with van der Waals surface area (Å²) in [6.45, 7) is -0.191. The van der Waals surface area contributed by atoms with Gasteiger partial charge in [0.15, 0.2) is 0 Å². The molecular formula is C18H16N4O5S. The SMILES string of the molecule is CN(C[C@@H]1NC(=O)NC1=O)S(=O)(=O)c1ccc(Oc2ccc(C#N)cc2)cc1. The van der Waals surface area contributed by atoms with Gasteiger partial charge in [0.2, 0.25) is 10.0 Å². The van der Waals surface area contributed by atoms with Crippen molar-refractivity contribution in [2.75, 3.05) is 13.6 Å². The molecule has 1 aliphatic rings. The molecule has 2 aromatic rings. The van der Waals surface area contributed by atoms with Crippen molar-refractivity contribution >= 4 is 22.0 Å². The van der Waals surface area contributed by atoms with Crippen molar-refractivity contribution < 1.29 is 22.7 Å². The Morgan fingerprint density at radius 2 is 1.64 bits per heavy atom. The number of amides is 3. The van der Waals surface area contributed by atoms with Gasteiger partial charge in [-0.25, -0.2) is 13.2 Å². The number of sulfonamides is 1. The molecule has 1 atom stereocenters. The zero-order valence-corrected chi connectivity index (χ0v) is 15.6. The van der Waals surface area contributed by atoms with Crippen molar-refractivity contribution in [3.63, 3.8) is 0 Å². The molecule has 1 fully saturated rings. The van der Waals surface area contributed by atoms with E-state index in [1.807, 2.05) is 6.07 Å². The van der Waals surface area contributed by atoms with Crippen molar-refractivity contribution in [1.29, 1.82) is 5.26 Å². The highest BCUT2D eigenvalue weighted by atomic mass is 32.2. The zero-order chi connectivity index (χ0) is 20.3. The van der Waals surface area contributed by atoms with Crippen LogP contribution in [-0.2, 0) is 14.8 Å².